The summed E-state index contributed by atoms with van der Waals surface area (Å²) in [5.74, 6) is -0.147. The predicted molar refractivity (Wildman–Crippen MR) is 95.2 cm³/mol. The van der Waals surface area contributed by atoms with Gasteiger partial charge in [-0.05, 0) is 36.3 Å². The van der Waals surface area contributed by atoms with Crippen molar-refractivity contribution in [2.75, 3.05) is 5.32 Å². The van der Waals surface area contributed by atoms with Crippen molar-refractivity contribution in [3.05, 3.63) is 78.0 Å². The molecule has 0 spiro atoms. The number of carbonyl (C=O) groups is 1. The molecule has 3 rings (SSSR count). The molecule has 0 saturated heterocycles. The Labute approximate surface area is 135 Å². The van der Waals surface area contributed by atoms with E-state index in [-0.39, 0.29) is 5.91 Å². The normalized spacial score (nSPS) is 11.0. The van der Waals surface area contributed by atoms with E-state index in [9.17, 15) is 4.79 Å². The summed E-state index contributed by atoms with van der Waals surface area (Å²) < 4.78 is 0. The van der Waals surface area contributed by atoms with Crippen LogP contribution in [0.4, 0.5) is 5.69 Å². The van der Waals surface area contributed by atoms with Crippen LogP contribution < -0.4 is 5.32 Å². The molecular weight excluding hydrogens is 284 g/mol. The van der Waals surface area contributed by atoms with Gasteiger partial charge in [-0.25, -0.2) is 0 Å². The summed E-state index contributed by atoms with van der Waals surface area (Å²) in [7, 11) is 0. The maximum atomic E-state index is 12.1. The summed E-state index contributed by atoms with van der Waals surface area (Å²) in [4.78, 5) is 16.5. The number of pyridine rings is 1. The van der Waals surface area contributed by atoms with Crippen LogP contribution in [0.1, 0.15) is 18.1 Å². The first-order valence-electron chi connectivity index (χ1n) is 7.68. The van der Waals surface area contributed by atoms with Crippen molar-refractivity contribution in [3.63, 3.8) is 0 Å². The number of benzene rings is 2. The molecule has 1 heterocycles. The summed E-state index contributed by atoms with van der Waals surface area (Å²) in [6.45, 7) is 2.09. The molecule has 1 amide bonds. The van der Waals surface area contributed by atoms with Crippen molar-refractivity contribution in [1.82, 2.24) is 4.98 Å². The maximum absolute atomic E-state index is 12.1. The Morgan fingerprint density at radius 3 is 2.83 bits per heavy atom. The monoisotopic (exact) mass is 302 g/mol. The minimum atomic E-state index is -0.147. The van der Waals surface area contributed by atoms with E-state index in [1.165, 1.54) is 5.56 Å². The number of anilines is 1. The first-order chi connectivity index (χ1) is 11.3. The van der Waals surface area contributed by atoms with Crippen molar-refractivity contribution >= 4 is 28.6 Å². The van der Waals surface area contributed by atoms with E-state index in [0.717, 1.165) is 28.6 Å². The number of aromatic nitrogens is 1. The molecule has 23 heavy (non-hydrogen) atoms. The van der Waals surface area contributed by atoms with Crippen molar-refractivity contribution in [1.29, 1.82) is 0 Å². The first-order valence-corrected chi connectivity index (χ1v) is 7.68. The molecule has 0 unspecified atom stereocenters. The summed E-state index contributed by atoms with van der Waals surface area (Å²) in [6.07, 6.45) is 6.05. The lowest BCUT2D eigenvalue weighted by atomic mass is 10.1. The Morgan fingerprint density at radius 2 is 1.96 bits per heavy atom. The van der Waals surface area contributed by atoms with Crippen LogP contribution >= 0.6 is 0 Å². The number of nitrogens with zero attached hydrogens (tertiary/aromatic N) is 1. The minimum absolute atomic E-state index is 0.147. The molecule has 1 aromatic heterocycles. The van der Waals surface area contributed by atoms with Crippen LogP contribution in [0.3, 0.4) is 0 Å². The number of aryl methyl sites for hydroxylation is 1. The number of hydrogen-bond donors (Lipinski definition) is 1. The van der Waals surface area contributed by atoms with Crippen molar-refractivity contribution in [2.45, 2.75) is 13.3 Å². The fraction of sp³-hybridized carbons (Fsp3) is 0.100. The average molecular weight is 302 g/mol. The van der Waals surface area contributed by atoms with E-state index in [1.807, 2.05) is 54.6 Å². The predicted octanol–water partition coefficient (Wildman–Crippen LogP) is 4.45. The van der Waals surface area contributed by atoms with E-state index in [4.69, 9.17) is 0 Å². The van der Waals surface area contributed by atoms with E-state index < -0.39 is 0 Å². The molecule has 114 valence electrons. The van der Waals surface area contributed by atoms with Crippen LogP contribution in [0.25, 0.3) is 17.0 Å². The van der Waals surface area contributed by atoms with Crippen molar-refractivity contribution in [3.8, 4) is 0 Å². The van der Waals surface area contributed by atoms with Gasteiger partial charge in [-0.1, -0.05) is 43.3 Å². The number of nitrogens with one attached hydrogen (secondary N) is 1. The van der Waals surface area contributed by atoms with Crippen LogP contribution in [0.2, 0.25) is 0 Å². The highest BCUT2D eigenvalue weighted by Gasteiger charge is 2.01. The molecule has 2 aromatic carbocycles. The maximum Gasteiger partial charge on any atom is 0.248 e. The fourth-order valence-electron chi connectivity index (χ4n) is 2.48. The van der Waals surface area contributed by atoms with Crippen LogP contribution in [-0.2, 0) is 11.2 Å². The van der Waals surface area contributed by atoms with Crippen LogP contribution in [-0.4, -0.2) is 10.9 Å². The van der Waals surface area contributed by atoms with Crippen molar-refractivity contribution < 1.29 is 4.79 Å². The summed E-state index contributed by atoms with van der Waals surface area (Å²) in [6, 6.07) is 17.7. The average Bonchev–Trinajstić information content (AvgIpc) is 2.60. The smallest absolute Gasteiger partial charge is 0.248 e. The second kappa shape index (κ2) is 6.88. The summed E-state index contributed by atoms with van der Waals surface area (Å²) >= 11 is 0. The molecule has 3 aromatic rings. The molecule has 0 radical (unpaired) electrons. The van der Waals surface area contributed by atoms with Crippen LogP contribution in [0, 0.1) is 0 Å². The quantitative estimate of drug-likeness (QED) is 0.723. The zero-order valence-corrected chi connectivity index (χ0v) is 13.0. The number of hydrogen-bond acceptors (Lipinski definition) is 2. The second-order valence-corrected chi connectivity index (χ2v) is 5.30. The zero-order chi connectivity index (χ0) is 16.1. The Bertz CT molecular complexity index is 863. The molecule has 0 fully saturated rings. The largest absolute Gasteiger partial charge is 0.323 e. The third kappa shape index (κ3) is 3.64. The van der Waals surface area contributed by atoms with E-state index >= 15 is 0 Å². The lowest BCUT2D eigenvalue weighted by molar-refractivity contribution is -0.111. The Balaban J connectivity index is 1.77. The van der Waals surface area contributed by atoms with Gasteiger partial charge in [0.1, 0.15) is 0 Å². The number of rotatable bonds is 4. The van der Waals surface area contributed by atoms with Gasteiger partial charge < -0.3 is 5.32 Å². The summed E-state index contributed by atoms with van der Waals surface area (Å²) in [5.41, 5.74) is 3.84. The highest BCUT2D eigenvalue weighted by Crippen LogP contribution is 2.17. The molecule has 0 aliphatic rings. The Hall–Kier alpha value is -2.94. The lowest BCUT2D eigenvalue weighted by Gasteiger charge is -2.04. The van der Waals surface area contributed by atoms with Gasteiger partial charge in [-0.2, -0.15) is 0 Å². The Kier molecular flexibility index (Phi) is 4.48. The first kappa shape index (κ1) is 15.0. The molecule has 0 aliphatic carbocycles. The molecule has 0 aliphatic heterocycles. The van der Waals surface area contributed by atoms with Gasteiger partial charge in [-0.15, -0.1) is 0 Å². The highest BCUT2D eigenvalue weighted by molar-refractivity contribution is 6.03. The Morgan fingerprint density at radius 1 is 1.13 bits per heavy atom. The molecular formula is C20H18N2O. The van der Waals surface area contributed by atoms with Crippen LogP contribution in [0.15, 0.2) is 66.9 Å². The standard InChI is InChI=1S/C20H18N2O/c1-2-15-6-3-10-18(14-15)22-19(23)12-11-17-8-4-7-16-9-5-13-21-20(16)17/h3-14H,2H2,1H3,(H,22,23)/b12-11+. The highest BCUT2D eigenvalue weighted by atomic mass is 16.1. The van der Waals surface area contributed by atoms with Crippen LogP contribution in [0.5, 0.6) is 0 Å². The van der Waals surface area contributed by atoms with Gasteiger partial charge in [0.25, 0.3) is 0 Å². The van der Waals surface area contributed by atoms with E-state index in [1.54, 1.807) is 18.3 Å². The van der Waals surface area contributed by atoms with Gasteiger partial charge in [0.05, 0.1) is 5.52 Å². The molecule has 0 saturated carbocycles. The van der Waals surface area contributed by atoms with Gasteiger partial charge in [0.2, 0.25) is 5.91 Å². The van der Waals surface area contributed by atoms with Gasteiger partial charge in [0, 0.05) is 28.9 Å². The van der Waals surface area contributed by atoms with Gasteiger partial charge >= 0.3 is 0 Å². The van der Waals surface area contributed by atoms with Gasteiger partial charge in [0.15, 0.2) is 0 Å². The molecule has 3 heteroatoms. The molecule has 1 N–H and O–H groups in total. The number of para-hydroxylation sites is 1. The molecule has 0 bridgehead atoms. The third-order valence-electron chi connectivity index (χ3n) is 3.68. The lowest BCUT2D eigenvalue weighted by Crippen LogP contribution is -2.07. The zero-order valence-electron chi connectivity index (χ0n) is 13.0. The fourth-order valence-corrected chi connectivity index (χ4v) is 2.48. The SMILES string of the molecule is CCc1cccc(NC(=O)/C=C/c2cccc3cccnc23)c1. The number of carbonyl (C=O) groups excluding carboxylic acids is 1. The van der Waals surface area contributed by atoms with E-state index in [2.05, 4.69) is 17.2 Å². The van der Waals surface area contributed by atoms with E-state index in [0.29, 0.717) is 0 Å². The summed E-state index contributed by atoms with van der Waals surface area (Å²) in [5, 5.41) is 3.95. The van der Waals surface area contributed by atoms with Crippen molar-refractivity contribution in [2.24, 2.45) is 0 Å². The number of fused-ring (bicyclic) bond motifs is 1. The topological polar surface area (TPSA) is 42.0 Å². The number of amides is 1. The van der Waals surface area contributed by atoms with Gasteiger partial charge in [-0.3, -0.25) is 9.78 Å². The second-order valence-electron chi connectivity index (χ2n) is 5.30. The molecule has 0 atom stereocenters. The third-order valence-corrected chi connectivity index (χ3v) is 3.68. The minimum Gasteiger partial charge on any atom is -0.323 e. The molecule has 3 nitrogen and oxygen atoms in total.